The fraction of sp³-hybridized carbons (Fsp3) is 0.250. The second-order valence-corrected chi connectivity index (χ2v) is 3.43. The van der Waals surface area contributed by atoms with Gasteiger partial charge in [-0.25, -0.2) is 0 Å². The zero-order valence-electron chi connectivity index (χ0n) is 9.42. The second-order valence-electron chi connectivity index (χ2n) is 3.43. The van der Waals surface area contributed by atoms with Gasteiger partial charge in [-0.3, -0.25) is 0 Å². The van der Waals surface area contributed by atoms with Gasteiger partial charge in [-0.1, -0.05) is 0 Å². The first-order valence-electron chi connectivity index (χ1n) is 4.64. The van der Waals surface area contributed by atoms with Crippen molar-refractivity contribution >= 4 is 29.3 Å². The number of benzene rings is 1. The van der Waals surface area contributed by atoms with Crippen molar-refractivity contribution in [2.45, 2.75) is 12.4 Å². The SMILES string of the molecule is OB(O)O.[Li][c]1cc(C(F)(F)F)cc(C(F)(F)F)c1. The van der Waals surface area contributed by atoms with E-state index in [9.17, 15) is 26.3 Å². The van der Waals surface area contributed by atoms with Gasteiger partial charge in [0.05, 0.1) is 0 Å². The molecule has 0 aliphatic rings. The number of halogens is 6. The van der Waals surface area contributed by atoms with Crippen molar-refractivity contribution in [1.29, 1.82) is 0 Å². The first-order valence-corrected chi connectivity index (χ1v) is 4.64. The monoisotopic (exact) mass is 282 g/mol. The Balaban J connectivity index is 0.000000711. The second kappa shape index (κ2) is 6.67. The van der Waals surface area contributed by atoms with E-state index in [1.165, 1.54) is 17.7 Å². The summed E-state index contributed by atoms with van der Waals surface area (Å²) >= 11 is 1.18. The predicted octanol–water partition coefficient (Wildman–Crippen LogP) is 0.466. The molecule has 0 spiro atoms. The molecule has 11 heteroatoms. The number of hydrogen-bond donors (Lipinski definition) is 3. The molecule has 3 N–H and O–H groups in total. The number of hydrogen-bond acceptors (Lipinski definition) is 3. The molecule has 0 unspecified atom stereocenters. The third-order valence-electron chi connectivity index (χ3n) is 1.73. The molecule has 0 aliphatic carbocycles. The molecule has 0 radical (unpaired) electrons. The van der Waals surface area contributed by atoms with E-state index < -0.39 is 30.8 Å². The summed E-state index contributed by atoms with van der Waals surface area (Å²) in [6.45, 7) is 0. The Bertz CT molecular complexity index is 385. The topological polar surface area (TPSA) is 60.7 Å². The van der Waals surface area contributed by atoms with Gasteiger partial charge >= 0.3 is 97.3 Å². The Hall–Kier alpha value is -0.658. The summed E-state index contributed by atoms with van der Waals surface area (Å²) in [5.74, 6) is 0. The van der Waals surface area contributed by atoms with Crippen LogP contribution in [0.3, 0.4) is 0 Å². The van der Waals surface area contributed by atoms with Crippen LogP contribution in [0.4, 0.5) is 26.3 Å². The van der Waals surface area contributed by atoms with E-state index in [1.807, 2.05) is 0 Å². The number of rotatable bonds is 0. The quantitative estimate of drug-likeness (QED) is 0.478. The standard InChI is InChI=1S/C8H3F6.BH3O3.Li/c9-7(10,11)5-2-1-3-6(4-5)8(12,13)14;2-1(3)4;/h2-4H;2-4H;. The van der Waals surface area contributed by atoms with Crippen molar-refractivity contribution in [3.63, 3.8) is 0 Å². The molecule has 3 nitrogen and oxygen atoms in total. The maximum absolute atomic E-state index is 12.2. The Morgan fingerprint density at radius 2 is 1.05 bits per heavy atom. The van der Waals surface area contributed by atoms with Crippen LogP contribution < -0.4 is 4.24 Å². The van der Waals surface area contributed by atoms with Gasteiger partial charge in [-0.05, 0) is 0 Å². The van der Waals surface area contributed by atoms with Gasteiger partial charge in [0.15, 0.2) is 0 Å². The molecule has 1 aromatic rings. The molecule has 0 fully saturated rings. The molecule has 0 bridgehead atoms. The van der Waals surface area contributed by atoms with Crippen molar-refractivity contribution in [3.8, 4) is 0 Å². The van der Waals surface area contributed by atoms with Crippen LogP contribution in [-0.2, 0) is 12.4 Å². The third kappa shape index (κ3) is 7.49. The summed E-state index contributed by atoms with van der Waals surface area (Å²) in [6, 6.07) is 1.46. The Morgan fingerprint density at radius 1 is 0.789 bits per heavy atom. The molecule has 0 saturated carbocycles. The average molecular weight is 282 g/mol. The van der Waals surface area contributed by atoms with E-state index >= 15 is 0 Å². The minimum absolute atomic E-state index is 0.0721. The predicted molar refractivity (Wildman–Crippen MR) is 54.2 cm³/mol. The van der Waals surface area contributed by atoms with Gasteiger partial charge in [0.2, 0.25) is 0 Å². The van der Waals surface area contributed by atoms with Crippen molar-refractivity contribution in [3.05, 3.63) is 29.3 Å². The van der Waals surface area contributed by atoms with Crippen LogP contribution in [0.25, 0.3) is 0 Å². The van der Waals surface area contributed by atoms with Gasteiger partial charge in [-0.15, -0.1) is 0 Å². The summed E-state index contributed by atoms with van der Waals surface area (Å²) < 4.78 is 72.9. The van der Waals surface area contributed by atoms with Gasteiger partial charge in [0, 0.05) is 0 Å². The third-order valence-corrected chi connectivity index (χ3v) is 1.73. The molecular weight excluding hydrogens is 276 g/mol. The van der Waals surface area contributed by atoms with E-state index in [4.69, 9.17) is 15.1 Å². The Morgan fingerprint density at radius 3 is 1.26 bits per heavy atom. The minimum atomic E-state index is -4.76. The van der Waals surface area contributed by atoms with Crippen LogP contribution in [0.2, 0.25) is 0 Å². The van der Waals surface area contributed by atoms with Gasteiger partial charge in [0.1, 0.15) is 0 Å². The van der Waals surface area contributed by atoms with Gasteiger partial charge in [-0.2, -0.15) is 0 Å². The van der Waals surface area contributed by atoms with Crippen molar-refractivity contribution < 1.29 is 41.4 Å². The molecule has 0 saturated heterocycles. The van der Waals surface area contributed by atoms with Crippen LogP contribution in [0, 0.1) is 0 Å². The molecule has 102 valence electrons. The van der Waals surface area contributed by atoms with Crippen LogP contribution in [0.1, 0.15) is 11.1 Å². The summed E-state index contributed by atoms with van der Waals surface area (Å²) in [7, 11) is -2.17. The van der Waals surface area contributed by atoms with E-state index in [1.54, 1.807) is 0 Å². The zero-order chi connectivity index (χ0) is 15.4. The van der Waals surface area contributed by atoms with E-state index in [2.05, 4.69) is 0 Å². The first kappa shape index (κ1) is 18.3. The average Bonchev–Trinajstić information content (AvgIpc) is 2.12. The maximum atomic E-state index is 12.2. The van der Waals surface area contributed by atoms with E-state index in [0.717, 1.165) is 0 Å². The first-order chi connectivity index (χ1) is 8.34. The van der Waals surface area contributed by atoms with Crippen LogP contribution in [0.5, 0.6) is 0 Å². The molecule has 0 amide bonds. The van der Waals surface area contributed by atoms with Crippen LogP contribution in [-0.4, -0.2) is 40.1 Å². The van der Waals surface area contributed by atoms with Crippen molar-refractivity contribution in [2.75, 3.05) is 0 Å². The zero-order valence-corrected chi connectivity index (χ0v) is 9.42. The molecule has 0 aliphatic heterocycles. The van der Waals surface area contributed by atoms with Crippen molar-refractivity contribution in [2.24, 2.45) is 0 Å². The van der Waals surface area contributed by atoms with Crippen LogP contribution >= 0.6 is 0 Å². The molecule has 1 aromatic carbocycles. The molecule has 19 heavy (non-hydrogen) atoms. The summed E-state index contributed by atoms with van der Waals surface area (Å²) in [4.78, 5) is 0. The Kier molecular flexibility index (Phi) is 6.44. The molecule has 0 aromatic heterocycles. The summed E-state index contributed by atoms with van der Waals surface area (Å²) in [5.41, 5.74) is -2.57. The molecule has 0 atom stereocenters. The summed E-state index contributed by atoms with van der Waals surface area (Å²) in [5, 5.41) is 21.5. The molecular formula is C8H6BF6LiO3. The van der Waals surface area contributed by atoms with Gasteiger partial charge in [0.25, 0.3) is 0 Å². The molecule has 1 rings (SSSR count). The normalized spacial score (nSPS) is 11.7. The summed E-state index contributed by atoms with van der Waals surface area (Å²) in [6.07, 6.45) is -9.52. The van der Waals surface area contributed by atoms with E-state index in [0.29, 0.717) is 12.1 Å². The van der Waals surface area contributed by atoms with Crippen LogP contribution in [0.15, 0.2) is 18.2 Å². The molecule has 0 heterocycles. The van der Waals surface area contributed by atoms with Crippen molar-refractivity contribution in [1.82, 2.24) is 0 Å². The Labute approximate surface area is 113 Å². The fourth-order valence-corrected chi connectivity index (χ4v) is 1.11. The van der Waals surface area contributed by atoms with Gasteiger partial charge < -0.3 is 15.1 Å². The van der Waals surface area contributed by atoms with E-state index in [-0.39, 0.29) is 10.3 Å². The number of alkyl halides is 6. The fourth-order valence-electron chi connectivity index (χ4n) is 1.11.